The lowest BCUT2D eigenvalue weighted by molar-refractivity contribution is 0.621. The maximum Gasteiger partial charge on any atom is 0.159 e. The second-order valence-electron chi connectivity index (χ2n) is 7.67. The van der Waals surface area contributed by atoms with E-state index in [1.54, 1.807) is 10.7 Å². The molecule has 4 aromatic heterocycles. The van der Waals surface area contributed by atoms with Crippen LogP contribution in [-0.4, -0.2) is 29.5 Å². The number of nitrogens with zero attached hydrogens (tertiary/aromatic N) is 6. The fraction of sp³-hybridized carbons (Fsp3) is 0.167. The summed E-state index contributed by atoms with van der Waals surface area (Å²) in [6.07, 6.45) is 3.17. The molecule has 0 amide bonds. The third-order valence-corrected chi connectivity index (χ3v) is 5.27. The molecule has 0 unspecified atom stereocenters. The molecule has 0 saturated heterocycles. The van der Waals surface area contributed by atoms with Crippen LogP contribution >= 0.6 is 0 Å². The van der Waals surface area contributed by atoms with Gasteiger partial charge in [0.2, 0.25) is 0 Å². The van der Waals surface area contributed by atoms with Gasteiger partial charge in [-0.1, -0.05) is 30.3 Å². The molecule has 0 aliphatic heterocycles. The van der Waals surface area contributed by atoms with Crippen LogP contribution in [-0.2, 0) is 13.6 Å². The van der Waals surface area contributed by atoms with E-state index in [2.05, 4.69) is 22.2 Å². The average Bonchev–Trinajstić information content (AvgIpc) is 3.29. The molecule has 0 bridgehead atoms. The van der Waals surface area contributed by atoms with Crippen LogP contribution in [0.3, 0.4) is 0 Å². The van der Waals surface area contributed by atoms with Crippen LogP contribution in [0.25, 0.3) is 33.5 Å². The number of hydrogen-bond acceptors (Lipinski definition) is 4. The van der Waals surface area contributed by atoms with Crippen molar-refractivity contribution in [3.8, 4) is 22.5 Å². The second-order valence-corrected chi connectivity index (χ2v) is 7.67. The molecule has 0 aliphatic carbocycles. The molecular formula is C24H21FN6. The Hall–Kier alpha value is -3.87. The van der Waals surface area contributed by atoms with E-state index in [0.717, 1.165) is 39.1 Å². The van der Waals surface area contributed by atoms with Crippen molar-refractivity contribution in [2.45, 2.75) is 20.4 Å². The van der Waals surface area contributed by atoms with Crippen molar-refractivity contribution in [3.63, 3.8) is 0 Å². The van der Waals surface area contributed by atoms with Gasteiger partial charge in [0.25, 0.3) is 0 Å². The molecule has 0 saturated carbocycles. The Morgan fingerprint density at radius 3 is 2.52 bits per heavy atom. The first-order chi connectivity index (χ1) is 15.0. The second kappa shape index (κ2) is 7.43. The summed E-state index contributed by atoms with van der Waals surface area (Å²) in [5.74, 6) is -0.374. The summed E-state index contributed by atoms with van der Waals surface area (Å²) >= 11 is 0. The normalized spacial score (nSPS) is 11.4. The van der Waals surface area contributed by atoms with Crippen molar-refractivity contribution in [2.24, 2.45) is 7.05 Å². The minimum absolute atomic E-state index is 0.374. The third kappa shape index (κ3) is 3.48. The lowest BCUT2D eigenvalue weighted by Crippen LogP contribution is -2.03. The predicted octanol–water partition coefficient (Wildman–Crippen LogP) is 4.70. The number of pyridine rings is 2. The number of fused-ring (bicyclic) bond motifs is 1. The van der Waals surface area contributed by atoms with Crippen LogP contribution < -0.4 is 0 Å². The molecule has 0 radical (unpaired) electrons. The van der Waals surface area contributed by atoms with Crippen molar-refractivity contribution < 1.29 is 4.39 Å². The first-order valence-corrected chi connectivity index (χ1v) is 10.0. The predicted molar refractivity (Wildman–Crippen MR) is 118 cm³/mol. The lowest BCUT2D eigenvalue weighted by atomic mass is 10.0. The van der Waals surface area contributed by atoms with Crippen LogP contribution in [0.5, 0.6) is 0 Å². The van der Waals surface area contributed by atoms with Crippen LogP contribution in [0.4, 0.5) is 4.39 Å². The molecule has 5 aromatic rings. The number of aryl methyl sites for hydroxylation is 3. The minimum Gasteiger partial charge on any atom is -0.274 e. The number of benzene rings is 1. The molecule has 31 heavy (non-hydrogen) atoms. The smallest absolute Gasteiger partial charge is 0.159 e. The zero-order chi connectivity index (χ0) is 21.5. The van der Waals surface area contributed by atoms with Gasteiger partial charge in [0, 0.05) is 35.5 Å². The summed E-state index contributed by atoms with van der Waals surface area (Å²) in [6.45, 7) is 4.61. The maximum atomic E-state index is 13.4. The summed E-state index contributed by atoms with van der Waals surface area (Å²) < 4.78 is 17.1. The Bertz CT molecular complexity index is 1380. The van der Waals surface area contributed by atoms with Gasteiger partial charge < -0.3 is 0 Å². The van der Waals surface area contributed by atoms with E-state index in [9.17, 15) is 4.39 Å². The Morgan fingerprint density at radius 2 is 1.77 bits per heavy atom. The Balaban J connectivity index is 1.71. The number of hydrogen-bond donors (Lipinski definition) is 0. The first-order valence-electron chi connectivity index (χ1n) is 10.0. The van der Waals surface area contributed by atoms with Crippen molar-refractivity contribution in [1.29, 1.82) is 0 Å². The monoisotopic (exact) mass is 412 g/mol. The zero-order valence-electron chi connectivity index (χ0n) is 17.5. The van der Waals surface area contributed by atoms with Crippen LogP contribution in [0.1, 0.15) is 17.0 Å². The molecule has 1 aromatic carbocycles. The summed E-state index contributed by atoms with van der Waals surface area (Å²) in [5.41, 5.74) is 7.01. The largest absolute Gasteiger partial charge is 0.274 e. The van der Waals surface area contributed by atoms with E-state index in [-0.39, 0.29) is 5.82 Å². The van der Waals surface area contributed by atoms with Gasteiger partial charge in [0.15, 0.2) is 5.65 Å². The van der Waals surface area contributed by atoms with Gasteiger partial charge in [-0.15, -0.1) is 0 Å². The van der Waals surface area contributed by atoms with Gasteiger partial charge in [-0.25, -0.2) is 14.1 Å². The van der Waals surface area contributed by atoms with Crippen LogP contribution in [0, 0.1) is 19.7 Å². The van der Waals surface area contributed by atoms with E-state index in [0.29, 0.717) is 17.9 Å². The molecule has 0 N–H and O–H groups in total. The average molecular weight is 412 g/mol. The Morgan fingerprint density at radius 1 is 0.968 bits per heavy atom. The molecule has 7 heteroatoms. The number of halogens is 1. The van der Waals surface area contributed by atoms with Crippen molar-refractivity contribution >= 4 is 11.0 Å². The van der Waals surface area contributed by atoms with Gasteiger partial charge in [-0.2, -0.15) is 10.2 Å². The molecule has 0 atom stereocenters. The summed E-state index contributed by atoms with van der Waals surface area (Å²) in [4.78, 5) is 9.05. The molecule has 4 heterocycles. The Labute approximate surface area is 179 Å². The first kappa shape index (κ1) is 19.1. The summed E-state index contributed by atoms with van der Waals surface area (Å²) in [5, 5.41) is 10.4. The van der Waals surface area contributed by atoms with E-state index in [1.165, 1.54) is 12.3 Å². The molecule has 5 rings (SSSR count). The van der Waals surface area contributed by atoms with E-state index < -0.39 is 0 Å². The van der Waals surface area contributed by atoms with Gasteiger partial charge >= 0.3 is 0 Å². The minimum atomic E-state index is -0.374. The Kier molecular flexibility index (Phi) is 4.58. The number of aromatic nitrogens is 6. The van der Waals surface area contributed by atoms with E-state index in [4.69, 9.17) is 10.1 Å². The molecular weight excluding hydrogens is 391 g/mol. The van der Waals surface area contributed by atoms with E-state index in [1.807, 2.05) is 56.0 Å². The molecule has 154 valence electrons. The molecule has 0 spiro atoms. The summed E-state index contributed by atoms with van der Waals surface area (Å²) in [6, 6.07) is 15.3. The maximum absolute atomic E-state index is 13.4. The highest BCUT2D eigenvalue weighted by Gasteiger charge is 2.20. The molecule has 6 nitrogen and oxygen atoms in total. The standard InChI is InChI=1S/C24H21FN6/c1-15-11-19(20-14-30(3)29-23(20)21-10-9-18(25)12-26-21)22-16(2)28-31(24(22)27-15)13-17-7-5-4-6-8-17/h4-12,14H,13H2,1-3H3. The van der Waals surface area contributed by atoms with Crippen molar-refractivity contribution in [2.75, 3.05) is 0 Å². The lowest BCUT2D eigenvalue weighted by Gasteiger charge is -2.08. The fourth-order valence-corrected chi connectivity index (χ4v) is 3.95. The highest BCUT2D eigenvalue weighted by molar-refractivity contribution is 5.98. The molecule has 0 fully saturated rings. The van der Waals surface area contributed by atoms with Gasteiger partial charge in [0.05, 0.1) is 24.1 Å². The van der Waals surface area contributed by atoms with Crippen molar-refractivity contribution in [1.82, 2.24) is 29.5 Å². The summed E-state index contributed by atoms with van der Waals surface area (Å²) in [7, 11) is 1.87. The van der Waals surface area contributed by atoms with Crippen LogP contribution in [0.2, 0.25) is 0 Å². The molecule has 0 aliphatic rings. The quantitative estimate of drug-likeness (QED) is 0.429. The van der Waals surface area contributed by atoms with Gasteiger partial charge in [-0.3, -0.25) is 9.67 Å². The highest BCUT2D eigenvalue weighted by Crippen LogP contribution is 2.36. The number of rotatable bonds is 4. The van der Waals surface area contributed by atoms with Gasteiger partial charge in [0.1, 0.15) is 11.5 Å². The van der Waals surface area contributed by atoms with Crippen molar-refractivity contribution in [3.05, 3.63) is 83.7 Å². The topological polar surface area (TPSA) is 61.4 Å². The zero-order valence-corrected chi connectivity index (χ0v) is 17.5. The highest BCUT2D eigenvalue weighted by atomic mass is 19.1. The third-order valence-electron chi connectivity index (χ3n) is 5.27. The SMILES string of the molecule is Cc1cc(-c2cn(C)nc2-c2ccc(F)cn2)c2c(C)nn(Cc3ccccc3)c2n1. The van der Waals surface area contributed by atoms with E-state index >= 15 is 0 Å². The van der Waals surface area contributed by atoms with Crippen LogP contribution in [0.15, 0.2) is 60.9 Å². The fourth-order valence-electron chi connectivity index (χ4n) is 3.95. The van der Waals surface area contributed by atoms with Gasteiger partial charge in [-0.05, 0) is 37.6 Å².